The summed E-state index contributed by atoms with van der Waals surface area (Å²) in [5.41, 5.74) is 0. The van der Waals surface area contributed by atoms with Gasteiger partial charge in [-0.3, -0.25) is 14.2 Å². The number of hydrogen-bond acceptors (Lipinski definition) is 7. The van der Waals surface area contributed by atoms with Crippen molar-refractivity contribution in [3.05, 3.63) is 146 Å². The van der Waals surface area contributed by atoms with Crippen LogP contribution < -0.4 is 10.2 Å². The number of unbranched alkanes of at least 4 members (excludes halogenated alkanes) is 21. The largest absolute Gasteiger partial charge is 0.756 e. The van der Waals surface area contributed by atoms with Crippen LogP contribution in [0.15, 0.2) is 146 Å². The Hall–Kier alpha value is -4.11. The molecule has 0 aromatic rings. The van der Waals surface area contributed by atoms with E-state index in [2.05, 4.69) is 99.0 Å². The Labute approximate surface area is 485 Å². The van der Waals surface area contributed by atoms with E-state index in [1.54, 1.807) is 0 Å². The van der Waals surface area contributed by atoms with Gasteiger partial charge in [0.15, 0.2) is 0 Å². The lowest BCUT2D eigenvalue weighted by Crippen LogP contribution is -2.47. The first-order valence-corrected chi connectivity index (χ1v) is 32.7. The minimum atomic E-state index is -4.73. The third-order valence-corrected chi connectivity index (χ3v) is 13.9. The normalized spacial score (nSPS) is 14.7. The number of nitrogens with one attached hydrogen (secondary N) is 1. The molecule has 0 aliphatic heterocycles. The second kappa shape index (κ2) is 57.1. The van der Waals surface area contributed by atoms with E-state index in [0.717, 1.165) is 103 Å². The number of allylic oxidation sites excluding steroid dienone is 23. The molecule has 0 heterocycles. The van der Waals surface area contributed by atoms with Gasteiger partial charge in [-0.1, -0.05) is 263 Å². The van der Waals surface area contributed by atoms with Crippen LogP contribution in [-0.2, 0) is 27.9 Å². The van der Waals surface area contributed by atoms with Crippen LogP contribution >= 0.6 is 7.82 Å². The first-order valence-electron chi connectivity index (χ1n) is 31.2. The van der Waals surface area contributed by atoms with E-state index in [1.807, 2.05) is 94.1 Å². The number of amides is 1. The van der Waals surface area contributed by atoms with Crippen molar-refractivity contribution in [2.24, 2.45) is 0 Å². The van der Waals surface area contributed by atoms with Crippen LogP contribution in [-0.4, -0.2) is 69.4 Å². The smallest absolute Gasteiger partial charge is 0.306 e. The molecule has 1 N–H and O–H groups in total. The zero-order chi connectivity index (χ0) is 57.9. The summed E-state index contributed by atoms with van der Waals surface area (Å²) in [6.45, 7) is 6.52. The van der Waals surface area contributed by atoms with Gasteiger partial charge in [0.05, 0.1) is 33.8 Å². The lowest BCUT2D eigenvalue weighted by molar-refractivity contribution is -0.870. The molecule has 0 aliphatic rings. The van der Waals surface area contributed by atoms with Gasteiger partial charge in [-0.25, -0.2) is 0 Å². The van der Waals surface area contributed by atoms with Crippen LogP contribution in [0.3, 0.4) is 0 Å². The Morgan fingerprint density at radius 1 is 0.468 bits per heavy atom. The topological polar surface area (TPSA) is 114 Å². The summed E-state index contributed by atoms with van der Waals surface area (Å²) in [5, 5.41) is 3.01. The number of nitrogens with zero attached hydrogens (tertiary/aromatic N) is 1. The van der Waals surface area contributed by atoms with Gasteiger partial charge in [0, 0.05) is 12.8 Å². The van der Waals surface area contributed by atoms with Crippen molar-refractivity contribution in [3.8, 4) is 0 Å². The van der Waals surface area contributed by atoms with Crippen molar-refractivity contribution in [2.75, 3.05) is 40.9 Å². The number of rotatable bonds is 54. The first kappa shape index (κ1) is 74.9. The van der Waals surface area contributed by atoms with Crippen molar-refractivity contribution in [3.63, 3.8) is 0 Å². The molecule has 0 bridgehead atoms. The van der Waals surface area contributed by atoms with E-state index < -0.39 is 32.5 Å². The molecule has 10 heteroatoms. The Morgan fingerprint density at radius 2 is 0.873 bits per heavy atom. The zero-order valence-corrected chi connectivity index (χ0v) is 51.9. The van der Waals surface area contributed by atoms with E-state index in [-0.39, 0.29) is 25.4 Å². The standard InChI is InChI=1S/C69H115N2O7P/c1-7-10-13-16-19-22-25-28-30-32-33-34-35-36-37-39-40-43-46-49-52-55-58-61-68(72)70-66(65-77-79(74,75)76-64-63-71(4,5)6)67(60-57-54-51-48-45-42-27-24-21-18-15-12-9-3)78-69(73)62-59-56-53-50-47-44-41-38-31-29-26-23-20-17-14-11-8-2/h10-11,13-14,17,19-20,22-23,26,28-31,33-34,36-38,41,44,47,57,60,66-67H,7-9,12,15-16,18,21,24-25,27,32,35,39-40,42-43,45-46,48-56,58-59,61-65H2,1-6H3,(H-,70,72,74,75)/b13-10-,14-11-,20-17+,22-19-,26-23+,30-28-,31-29-,34-33-,37-36-,41-38+,47-44+,60-57-. The van der Waals surface area contributed by atoms with Gasteiger partial charge in [0.25, 0.3) is 7.82 Å². The average molecular weight is 1120 g/mol. The van der Waals surface area contributed by atoms with Crippen LogP contribution in [0.25, 0.3) is 0 Å². The number of quaternary nitrogens is 1. The second-order valence-corrected chi connectivity index (χ2v) is 23.0. The second-order valence-electron chi connectivity index (χ2n) is 21.6. The zero-order valence-electron chi connectivity index (χ0n) is 51.0. The highest BCUT2D eigenvalue weighted by atomic mass is 31.2. The summed E-state index contributed by atoms with van der Waals surface area (Å²) in [6, 6.07) is -0.925. The van der Waals surface area contributed by atoms with Gasteiger partial charge in [0.1, 0.15) is 19.3 Å². The molecule has 1 amide bonds. The van der Waals surface area contributed by atoms with Crippen molar-refractivity contribution < 1.29 is 37.3 Å². The van der Waals surface area contributed by atoms with E-state index in [1.165, 1.54) is 77.0 Å². The third kappa shape index (κ3) is 58.4. The average Bonchev–Trinajstić information content (AvgIpc) is 3.41. The van der Waals surface area contributed by atoms with Crippen molar-refractivity contribution >= 4 is 19.7 Å². The maximum atomic E-state index is 13.6. The van der Waals surface area contributed by atoms with Gasteiger partial charge in [-0.15, -0.1) is 0 Å². The molecular formula is C69H115N2O7P. The fraction of sp³-hybridized carbons (Fsp3) is 0.623. The molecule has 0 rings (SSSR count). The highest BCUT2D eigenvalue weighted by molar-refractivity contribution is 7.45. The van der Waals surface area contributed by atoms with Gasteiger partial charge in [0.2, 0.25) is 5.91 Å². The number of carbonyl (C=O) groups excluding carboxylic acids is 2. The van der Waals surface area contributed by atoms with E-state index in [4.69, 9.17) is 13.8 Å². The van der Waals surface area contributed by atoms with Crippen LogP contribution in [0.2, 0.25) is 0 Å². The molecule has 3 unspecified atom stereocenters. The summed E-state index contributed by atoms with van der Waals surface area (Å²) >= 11 is 0. The molecular weight excluding hydrogens is 1000 g/mol. The lowest BCUT2D eigenvalue weighted by Gasteiger charge is -2.30. The number of likely N-dealkylation sites (N-methyl/N-ethyl adjacent to an activating group) is 1. The van der Waals surface area contributed by atoms with Crippen LogP contribution in [0, 0.1) is 0 Å². The minimum Gasteiger partial charge on any atom is -0.756 e. The lowest BCUT2D eigenvalue weighted by atomic mass is 10.0. The van der Waals surface area contributed by atoms with Crippen LogP contribution in [0.1, 0.15) is 226 Å². The molecule has 0 saturated carbocycles. The van der Waals surface area contributed by atoms with E-state index >= 15 is 0 Å². The Balaban J connectivity index is 5.37. The molecule has 0 aliphatic carbocycles. The summed E-state index contributed by atoms with van der Waals surface area (Å²) < 4.78 is 30.3. The fourth-order valence-electron chi connectivity index (χ4n) is 8.17. The Bertz CT molecular complexity index is 1860. The Kier molecular flexibility index (Phi) is 54.2. The van der Waals surface area contributed by atoms with Crippen LogP contribution in [0.4, 0.5) is 0 Å². The van der Waals surface area contributed by atoms with Crippen molar-refractivity contribution in [1.82, 2.24) is 5.32 Å². The highest BCUT2D eigenvalue weighted by Gasteiger charge is 2.27. The predicted molar refractivity (Wildman–Crippen MR) is 339 cm³/mol. The molecule has 3 atom stereocenters. The number of ether oxygens (including phenoxy) is 1. The molecule has 0 saturated heterocycles. The molecule has 448 valence electrons. The monoisotopic (exact) mass is 1110 g/mol. The van der Waals surface area contributed by atoms with Crippen molar-refractivity contribution in [1.29, 1.82) is 0 Å². The molecule has 79 heavy (non-hydrogen) atoms. The summed E-state index contributed by atoms with van der Waals surface area (Å²) in [5.74, 6) is -0.616. The van der Waals surface area contributed by atoms with Crippen molar-refractivity contribution in [2.45, 2.75) is 238 Å². The minimum absolute atomic E-state index is 0.0412. The third-order valence-electron chi connectivity index (χ3n) is 12.9. The number of esters is 1. The molecule has 9 nitrogen and oxygen atoms in total. The van der Waals surface area contributed by atoms with Gasteiger partial charge >= 0.3 is 5.97 Å². The predicted octanol–water partition coefficient (Wildman–Crippen LogP) is 18.8. The summed E-state index contributed by atoms with van der Waals surface area (Å²) in [7, 11) is 1.12. The fourth-order valence-corrected chi connectivity index (χ4v) is 8.89. The van der Waals surface area contributed by atoms with Crippen LogP contribution in [0.5, 0.6) is 0 Å². The summed E-state index contributed by atoms with van der Waals surface area (Å²) in [6.07, 6.45) is 82.4. The maximum Gasteiger partial charge on any atom is 0.306 e. The van der Waals surface area contributed by atoms with Gasteiger partial charge in [-0.05, 0) is 96.0 Å². The van der Waals surface area contributed by atoms with E-state index in [0.29, 0.717) is 23.9 Å². The molecule has 0 fully saturated rings. The number of phosphoric acid groups is 1. The molecule has 0 aromatic carbocycles. The summed E-state index contributed by atoms with van der Waals surface area (Å²) in [4.78, 5) is 40.0. The molecule has 0 spiro atoms. The molecule has 0 aromatic heterocycles. The SMILES string of the molecule is CC\C=C/C=C/C=C/C=C\C=C\C=C\CCCCCC(=O)OC(/C=C\CCCCCCCCCCCCC)C(COP(=O)([O-])OCC[N+](C)(C)C)NC(=O)CCCCCCCCC/C=C\C/C=C\C/C=C\C/C=C\C/C=C\CC. The quantitative estimate of drug-likeness (QED) is 0.0161. The molecule has 0 radical (unpaired) electrons. The Morgan fingerprint density at radius 3 is 1.38 bits per heavy atom. The highest BCUT2D eigenvalue weighted by Crippen LogP contribution is 2.38. The van der Waals surface area contributed by atoms with Gasteiger partial charge in [-0.2, -0.15) is 0 Å². The van der Waals surface area contributed by atoms with E-state index in [9.17, 15) is 19.0 Å². The number of phosphoric ester groups is 1. The number of hydrogen-bond donors (Lipinski definition) is 1. The number of carbonyl (C=O) groups is 2. The first-order chi connectivity index (χ1) is 38.4. The van der Waals surface area contributed by atoms with Gasteiger partial charge < -0.3 is 28.5 Å². The maximum absolute atomic E-state index is 13.6.